The van der Waals surface area contributed by atoms with Crippen LogP contribution in [0.25, 0.3) is 0 Å². The zero-order chi connectivity index (χ0) is 16.6. The van der Waals surface area contributed by atoms with Crippen molar-refractivity contribution in [3.8, 4) is 0 Å². The Morgan fingerprint density at radius 3 is 2.74 bits per heavy atom. The summed E-state index contributed by atoms with van der Waals surface area (Å²) in [6.45, 7) is 2.91. The zero-order valence-corrected chi connectivity index (χ0v) is 14.7. The number of nitrogens with zero attached hydrogens (tertiary/aromatic N) is 1. The number of nitrogens with one attached hydrogen (secondary N) is 1. The summed E-state index contributed by atoms with van der Waals surface area (Å²) < 4.78 is 25.3. The Balaban J connectivity index is 2.29. The summed E-state index contributed by atoms with van der Waals surface area (Å²) in [4.78, 5) is 0.373. The second-order valence-electron chi connectivity index (χ2n) is 5.62. The van der Waals surface area contributed by atoms with Crippen LogP contribution in [-0.4, -0.2) is 18.1 Å². The number of rotatable bonds is 3. The fourth-order valence-corrected chi connectivity index (χ4v) is 4.69. The van der Waals surface area contributed by atoms with Gasteiger partial charge in [0, 0.05) is 22.2 Å². The average Bonchev–Trinajstić information content (AvgIpc) is 2.61. The van der Waals surface area contributed by atoms with Gasteiger partial charge in [0.25, 0.3) is 0 Å². The van der Waals surface area contributed by atoms with Crippen molar-refractivity contribution in [1.29, 1.82) is 0 Å². The monoisotopic (exact) mass is 351 g/mol. The Bertz CT molecular complexity index is 781. The van der Waals surface area contributed by atoms with E-state index in [1.54, 1.807) is 19.2 Å². The van der Waals surface area contributed by atoms with E-state index >= 15 is 0 Å². The lowest BCUT2D eigenvalue weighted by atomic mass is 9.97. The molecule has 1 aliphatic heterocycles. The molecule has 0 saturated carbocycles. The van der Waals surface area contributed by atoms with E-state index < -0.39 is 10.4 Å². The minimum absolute atomic E-state index is 0.142. The summed E-state index contributed by atoms with van der Waals surface area (Å²) in [7, 11) is -1.75. The molecule has 122 valence electrons. The molecule has 23 heavy (non-hydrogen) atoms. The van der Waals surface area contributed by atoms with E-state index in [1.807, 2.05) is 30.3 Å². The highest BCUT2D eigenvalue weighted by molar-refractivity contribution is 7.99. The number of para-hydroxylation sites is 1. The third kappa shape index (κ3) is 2.78. The molecule has 4 nitrogen and oxygen atoms in total. The summed E-state index contributed by atoms with van der Waals surface area (Å²) in [5.41, 5.74) is 2.54. The van der Waals surface area contributed by atoms with Crippen molar-refractivity contribution in [2.45, 2.75) is 24.3 Å². The molecule has 0 spiro atoms. The fourth-order valence-electron chi connectivity index (χ4n) is 2.95. The van der Waals surface area contributed by atoms with Crippen molar-refractivity contribution in [3.05, 3.63) is 58.6 Å². The average molecular weight is 352 g/mol. The molecular weight excluding hydrogens is 332 g/mol. The summed E-state index contributed by atoms with van der Waals surface area (Å²) in [6, 6.07) is 12.8. The SMILES string of the molecule is CCCNC1c2ccccc2N(C)[S+](=O)(O)c2cc(Cl)ccc21. The molecule has 0 radical (unpaired) electrons. The number of fused-ring (bicyclic) bond motifs is 2. The number of anilines is 1. The molecule has 0 aromatic heterocycles. The summed E-state index contributed by atoms with van der Waals surface area (Å²) in [6.07, 6.45) is 0.978. The van der Waals surface area contributed by atoms with E-state index in [9.17, 15) is 8.76 Å². The van der Waals surface area contributed by atoms with Crippen LogP contribution in [0.1, 0.15) is 30.5 Å². The maximum Gasteiger partial charge on any atom is 0.348 e. The standard InChI is InChI=1S/C17H19ClN2O2S/c1-3-10-19-17-13-6-4-5-7-15(13)20(2)23(21,22)16-11-12(18)8-9-14(16)17/h4-9,11,17,19H,3,10H2,1-2H3/p+1. The van der Waals surface area contributed by atoms with E-state index in [1.165, 1.54) is 4.31 Å². The van der Waals surface area contributed by atoms with Crippen molar-refractivity contribution in [3.63, 3.8) is 0 Å². The number of halogens is 1. The summed E-state index contributed by atoms with van der Waals surface area (Å²) >= 11 is 6.09. The highest BCUT2D eigenvalue weighted by Gasteiger charge is 2.44. The van der Waals surface area contributed by atoms with Crippen molar-refractivity contribution < 1.29 is 8.76 Å². The normalized spacial score (nSPS) is 23.1. The first kappa shape index (κ1) is 16.5. The molecule has 0 saturated heterocycles. The molecule has 0 amide bonds. The molecule has 1 heterocycles. The Labute approximate surface area is 142 Å². The predicted molar refractivity (Wildman–Crippen MR) is 95.4 cm³/mol. The molecule has 2 aromatic rings. The van der Waals surface area contributed by atoms with Crippen LogP contribution in [0, 0.1) is 0 Å². The molecule has 2 unspecified atom stereocenters. The van der Waals surface area contributed by atoms with E-state index in [4.69, 9.17) is 11.6 Å². The van der Waals surface area contributed by atoms with Gasteiger partial charge < -0.3 is 5.32 Å². The van der Waals surface area contributed by atoms with E-state index in [0.29, 0.717) is 9.92 Å². The highest BCUT2D eigenvalue weighted by Crippen LogP contribution is 2.42. The van der Waals surface area contributed by atoms with Gasteiger partial charge in [0.05, 0.1) is 18.8 Å². The summed E-state index contributed by atoms with van der Waals surface area (Å²) in [5.74, 6) is 0. The molecule has 2 atom stereocenters. The first-order chi connectivity index (χ1) is 11.0. The third-order valence-corrected chi connectivity index (χ3v) is 6.23. The molecule has 2 N–H and O–H groups in total. The van der Waals surface area contributed by atoms with Crippen LogP contribution in [0.5, 0.6) is 0 Å². The van der Waals surface area contributed by atoms with Crippen molar-refractivity contribution in [2.24, 2.45) is 0 Å². The van der Waals surface area contributed by atoms with Crippen LogP contribution >= 0.6 is 11.6 Å². The van der Waals surface area contributed by atoms with Gasteiger partial charge in [-0.1, -0.05) is 42.8 Å². The van der Waals surface area contributed by atoms with Gasteiger partial charge in [0.2, 0.25) is 4.90 Å². The van der Waals surface area contributed by atoms with Gasteiger partial charge >= 0.3 is 10.4 Å². The van der Waals surface area contributed by atoms with Crippen LogP contribution in [0.15, 0.2) is 47.4 Å². The van der Waals surface area contributed by atoms with Gasteiger partial charge in [-0.3, -0.25) is 0 Å². The molecule has 0 aliphatic carbocycles. The van der Waals surface area contributed by atoms with Gasteiger partial charge in [0.1, 0.15) is 0 Å². The number of benzene rings is 2. The first-order valence-electron chi connectivity index (χ1n) is 7.59. The Morgan fingerprint density at radius 2 is 2.00 bits per heavy atom. The minimum atomic E-state index is -3.39. The minimum Gasteiger partial charge on any atom is -0.306 e. The number of hydrogen-bond donors (Lipinski definition) is 2. The van der Waals surface area contributed by atoms with Crippen molar-refractivity contribution in [2.75, 3.05) is 17.9 Å². The van der Waals surface area contributed by atoms with E-state index in [2.05, 4.69) is 12.2 Å². The lowest BCUT2D eigenvalue weighted by Crippen LogP contribution is -2.32. The van der Waals surface area contributed by atoms with Gasteiger partial charge in [-0.15, -0.1) is 0 Å². The smallest absolute Gasteiger partial charge is 0.306 e. The predicted octanol–water partition coefficient (Wildman–Crippen LogP) is 4.13. The van der Waals surface area contributed by atoms with Gasteiger partial charge in [-0.25, -0.2) is 0 Å². The molecule has 6 heteroatoms. The molecule has 2 aromatic carbocycles. The third-order valence-electron chi connectivity index (χ3n) is 4.13. The van der Waals surface area contributed by atoms with Crippen molar-refractivity contribution >= 4 is 27.7 Å². The van der Waals surface area contributed by atoms with Crippen LogP contribution in [0.4, 0.5) is 5.69 Å². The van der Waals surface area contributed by atoms with Gasteiger partial charge in [-0.2, -0.15) is 8.86 Å². The Morgan fingerprint density at radius 1 is 1.26 bits per heavy atom. The molecule has 0 bridgehead atoms. The number of hydrogen-bond acceptors (Lipinski definition) is 2. The quantitative estimate of drug-likeness (QED) is 0.818. The largest absolute Gasteiger partial charge is 0.348 e. The Hall–Kier alpha value is -1.40. The second kappa shape index (κ2) is 6.24. The maximum absolute atomic E-state index is 13.1. The lowest BCUT2D eigenvalue weighted by Gasteiger charge is -2.20. The lowest BCUT2D eigenvalue weighted by molar-refractivity contribution is 0.494. The van der Waals surface area contributed by atoms with Crippen LogP contribution in [0.2, 0.25) is 5.02 Å². The van der Waals surface area contributed by atoms with Crippen LogP contribution in [0.3, 0.4) is 0 Å². The first-order valence-corrected chi connectivity index (χ1v) is 9.44. The Kier molecular flexibility index (Phi) is 4.47. The van der Waals surface area contributed by atoms with Crippen LogP contribution < -0.4 is 9.62 Å². The highest BCUT2D eigenvalue weighted by atomic mass is 35.5. The molecular formula is C17H20ClN2O2S+. The zero-order valence-electron chi connectivity index (χ0n) is 13.1. The second-order valence-corrected chi connectivity index (χ2v) is 8.04. The maximum atomic E-state index is 13.1. The van der Waals surface area contributed by atoms with Crippen LogP contribution in [-0.2, 0) is 14.6 Å². The molecule has 3 rings (SSSR count). The van der Waals surface area contributed by atoms with Gasteiger partial charge in [-0.05, 0) is 29.3 Å². The summed E-state index contributed by atoms with van der Waals surface area (Å²) in [5, 5.41) is 3.95. The van der Waals surface area contributed by atoms with Crippen molar-refractivity contribution in [1.82, 2.24) is 5.32 Å². The topological polar surface area (TPSA) is 52.6 Å². The van der Waals surface area contributed by atoms with E-state index in [0.717, 1.165) is 29.8 Å². The van der Waals surface area contributed by atoms with E-state index in [-0.39, 0.29) is 6.04 Å². The fraction of sp³-hybridized carbons (Fsp3) is 0.294. The molecule has 1 aliphatic rings. The van der Waals surface area contributed by atoms with Gasteiger partial charge in [0.15, 0.2) is 0 Å². The molecule has 0 fully saturated rings.